The minimum absolute atomic E-state index is 0.000932. The first-order valence-corrected chi connectivity index (χ1v) is 11.1. The molecule has 1 saturated carbocycles. The van der Waals surface area contributed by atoms with Gasteiger partial charge >= 0.3 is 0 Å². The highest BCUT2D eigenvalue weighted by molar-refractivity contribution is 6.32. The van der Waals surface area contributed by atoms with Crippen molar-refractivity contribution in [3.8, 4) is 5.75 Å². The van der Waals surface area contributed by atoms with Gasteiger partial charge in [-0.25, -0.2) is 0 Å². The van der Waals surface area contributed by atoms with Crippen LogP contribution < -0.4 is 5.32 Å². The van der Waals surface area contributed by atoms with Crippen LogP contribution in [0.3, 0.4) is 0 Å². The Bertz CT molecular complexity index is 864. The van der Waals surface area contributed by atoms with E-state index >= 15 is 0 Å². The molecule has 2 aromatic rings. The van der Waals surface area contributed by atoms with Crippen LogP contribution in [0.15, 0.2) is 42.5 Å². The van der Waals surface area contributed by atoms with E-state index in [1.165, 1.54) is 42.9 Å². The summed E-state index contributed by atoms with van der Waals surface area (Å²) in [5, 5.41) is 13.5. The number of phenolic OH excluding ortho intramolecular Hbond substituents is 1. The van der Waals surface area contributed by atoms with Crippen LogP contribution in [0.2, 0.25) is 5.02 Å². The van der Waals surface area contributed by atoms with Gasteiger partial charge in [0.15, 0.2) is 0 Å². The van der Waals surface area contributed by atoms with Crippen molar-refractivity contribution in [2.24, 2.45) is 5.92 Å². The first-order chi connectivity index (χ1) is 14.1. The van der Waals surface area contributed by atoms with E-state index in [1.54, 1.807) is 12.1 Å². The third-order valence-corrected chi connectivity index (χ3v) is 6.58. The molecule has 2 N–H and O–H groups in total. The van der Waals surface area contributed by atoms with Gasteiger partial charge in [-0.05, 0) is 67.5 Å². The maximum atomic E-state index is 13.1. The van der Waals surface area contributed by atoms with Gasteiger partial charge in [0.1, 0.15) is 5.75 Å². The van der Waals surface area contributed by atoms with Crippen molar-refractivity contribution in [1.29, 1.82) is 0 Å². The van der Waals surface area contributed by atoms with Gasteiger partial charge in [0.2, 0.25) is 0 Å². The SMILES string of the molecule is O=C(c1ccc(O)c(Cl)c1)N1CCCC1c1cccc(CNCC2CCCC2)c1. The number of phenols is 1. The maximum absolute atomic E-state index is 13.1. The molecule has 1 heterocycles. The van der Waals surface area contributed by atoms with Gasteiger partial charge in [-0.15, -0.1) is 0 Å². The van der Waals surface area contributed by atoms with Crippen LogP contribution in [-0.2, 0) is 6.54 Å². The summed E-state index contributed by atoms with van der Waals surface area (Å²) in [7, 11) is 0. The second-order valence-corrected chi connectivity index (χ2v) is 8.76. The lowest BCUT2D eigenvalue weighted by Gasteiger charge is -2.26. The van der Waals surface area contributed by atoms with Crippen LogP contribution in [0.25, 0.3) is 0 Å². The van der Waals surface area contributed by atoms with E-state index in [0.29, 0.717) is 5.56 Å². The van der Waals surface area contributed by atoms with Gasteiger partial charge in [-0.3, -0.25) is 4.79 Å². The molecular formula is C24H29ClN2O2. The third-order valence-electron chi connectivity index (χ3n) is 6.28. The van der Waals surface area contributed by atoms with Crippen LogP contribution in [0.5, 0.6) is 5.75 Å². The number of hydrogen-bond donors (Lipinski definition) is 2. The fourth-order valence-corrected chi connectivity index (χ4v) is 4.89. The van der Waals surface area contributed by atoms with Crippen LogP contribution >= 0.6 is 11.6 Å². The molecule has 154 valence electrons. The number of amides is 1. The van der Waals surface area contributed by atoms with Crippen molar-refractivity contribution in [2.45, 2.75) is 51.1 Å². The zero-order valence-corrected chi connectivity index (χ0v) is 17.5. The van der Waals surface area contributed by atoms with E-state index in [9.17, 15) is 9.90 Å². The largest absolute Gasteiger partial charge is 0.506 e. The summed E-state index contributed by atoms with van der Waals surface area (Å²) in [5.74, 6) is 0.802. The Morgan fingerprint density at radius 2 is 1.93 bits per heavy atom. The Morgan fingerprint density at radius 1 is 1.10 bits per heavy atom. The summed E-state index contributed by atoms with van der Waals surface area (Å²) in [6.45, 7) is 2.71. The van der Waals surface area contributed by atoms with Crippen molar-refractivity contribution in [3.05, 3.63) is 64.2 Å². The zero-order valence-electron chi connectivity index (χ0n) is 16.7. The minimum atomic E-state index is -0.0286. The van der Waals surface area contributed by atoms with Gasteiger partial charge < -0.3 is 15.3 Å². The molecule has 4 nitrogen and oxygen atoms in total. The molecule has 0 aromatic heterocycles. The van der Waals surface area contributed by atoms with Gasteiger partial charge in [0.05, 0.1) is 11.1 Å². The topological polar surface area (TPSA) is 52.6 Å². The van der Waals surface area contributed by atoms with Crippen molar-refractivity contribution in [2.75, 3.05) is 13.1 Å². The van der Waals surface area contributed by atoms with Gasteiger partial charge in [0, 0.05) is 18.7 Å². The minimum Gasteiger partial charge on any atom is -0.506 e. The molecule has 4 rings (SSSR count). The van der Waals surface area contributed by atoms with Crippen molar-refractivity contribution in [1.82, 2.24) is 10.2 Å². The lowest BCUT2D eigenvalue weighted by molar-refractivity contribution is 0.0735. The van der Waals surface area contributed by atoms with Gasteiger partial charge in [0.25, 0.3) is 5.91 Å². The normalized spacial score (nSPS) is 19.8. The van der Waals surface area contributed by atoms with E-state index in [-0.39, 0.29) is 22.7 Å². The Labute approximate surface area is 177 Å². The second-order valence-electron chi connectivity index (χ2n) is 8.35. The molecule has 1 amide bonds. The highest BCUT2D eigenvalue weighted by Gasteiger charge is 2.31. The van der Waals surface area contributed by atoms with Crippen molar-refractivity contribution in [3.63, 3.8) is 0 Å². The molecule has 1 aliphatic carbocycles. The van der Waals surface area contributed by atoms with Gasteiger partial charge in [-0.1, -0.05) is 48.7 Å². The van der Waals surface area contributed by atoms with Gasteiger partial charge in [-0.2, -0.15) is 0 Å². The quantitative estimate of drug-likeness (QED) is 0.676. The standard InChI is InChI=1S/C24H29ClN2O2/c25-21-14-20(10-11-23(21)28)24(29)27-12-4-9-22(27)19-8-3-7-18(13-19)16-26-15-17-5-1-2-6-17/h3,7-8,10-11,13-14,17,22,26,28H,1-2,4-6,9,12,15-16H2. The Balaban J connectivity index is 1.43. The Kier molecular flexibility index (Phi) is 6.41. The Hall–Kier alpha value is -2.04. The number of carbonyl (C=O) groups excluding carboxylic acids is 1. The van der Waals surface area contributed by atoms with E-state index in [2.05, 4.69) is 29.6 Å². The van der Waals surface area contributed by atoms with E-state index < -0.39 is 0 Å². The highest BCUT2D eigenvalue weighted by Crippen LogP contribution is 2.34. The number of aromatic hydroxyl groups is 1. The summed E-state index contributed by atoms with van der Waals surface area (Å²) in [6, 6.07) is 13.4. The van der Waals surface area contributed by atoms with E-state index in [4.69, 9.17) is 11.6 Å². The predicted octanol–water partition coefficient (Wildman–Crippen LogP) is 5.30. The average molecular weight is 413 g/mol. The molecule has 2 fully saturated rings. The van der Waals surface area contributed by atoms with Crippen molar-refractivity contribution < 1.29 is 9.90 Å². The molecule has 2 aliphatic rings. The number of carbonyl (C=O) groups is 1. The fourth-order valence-electron chi connectivity index (χ4n) is 4.71. The fraction of sp³-hybridized carbons (Fsp3) is 0.458. The molecule has 1 unspecified atom stereocenters. The smallest absolute Gasteiger partial charge is 0.254 e. The molecular weight excluding hydrogens is 384 g/mol. The summed E-state index contributed by atoms with van der Waals surface area (Å²) >= 11 is 6.01. The predicted molar refractivity (Wildman–Crippen MR) is 116 cm³/mol. The number of halogens is 1. The summed E-state index contributed by atoms with van der Waals surface area (Å²) < 4.78 is 0. The maximum Gasteiger partial charge on any atom is 0.254 e. The lowest BCUT2D eigenvalue weighted by Crippen LogP contribution is -2.30. The summed E-state index contributed by atoms with van der Waals surface area (Å²) in [5.41, 5.74) is 2.99. The van der Waals surface area contributed by atoms with Crippen molar-refractivity contribution >= 4 is 17.5 Å². The molecule has 1 atom stereocenters. The molecule has 2 aromatic carbocycles. The average Bonchev–Trinajstić information content (AvgIpc) is 3.42. The number of rotatable bonds is 6. The summed E-state index contributed by atoms with van der Waals surface area (Å²) in [4.78, 5) is 15.0. The number of hydrogen-bond acceptors (Lipinski definition) is 3. The monoisotopic (exact) mass is 412 g/mol. The van der Waals surface area contributed by atoms with Crippen LogP contribution in [0, 0.1) is 5.92 Å². The number of nitrogens with zero attached hydrogens (tertiary/aromatic N) is 1. The van der Waals surface area contributed by atoms with Crippen LogP contribution in [-0.4, -0.2) is 29.0 Å². The number of nitrogens with one attached hydrogen (secondary N) is 1. The molecule has 1 saturated heterocycles. The number of likely N-dealkylation sites (tertiary alicyclic amines) is 1. The molecule has 29 heavy (non-hydrogen) atoms. The summed E-state index contributed by atoms with van der Waals surface area (Å²) in [6.07, 6.45) is 7.42. The molecule has 0 bridgehead atoms. The molecule has 5 heteroatoms. The lowest BCUT2D eigenvalue weighted by atomic mass is 10.0. The Morgan fingerprint density at radius 3 is 2.72 bits per heavy atom. The van der Waals surface area contributed by atoms with E-state index in [0.717, 1.165) is 38.4 Å². The number of benzene rings is 2. The van der Waals surface area contributed by atoms with Crippen LogP contribution in [0.4, 0.5) is 0 Å². The molecule has 1 aliphatic heterocycles. The second kappa shape index (κ2) is 9.19. The first-order valence-electron chi connectivity index (χ1n) is 10.7. The van der Waals surface area contributed by atoms with Crippen LogP contribution in [0.1, 0.15) is 66.1 Å². The van der Waals surface area contributed by atoms with E-state index in [1.807, 2.05) is 4.90 Å². The first kappa shape index (κ1) is 20.2. The molecule has 0 radical (unpaired) electrons. The third kappa shape index (κ3) is 4.76. The zero-order chi connectivity index (χ0) is 20.2. The molecule has 0 spiro atoms. The highest BCUT2D eigenvalue weighted by atomic mass is 35.5.